The molecule has 2 rings (SSSR count). The lowest BCUT2D eigenvalue weighted by atomic mass is 9.78. The minimum absolute atomic E-state index is 0.00820. The lowest BCUT2D eigenvalue weighted by molar-refractivity contribution is -0.142. The summed E-state index contributed by atoms with van der Waals surface area (Å²) in [5.74, 6) is -3.15. The first kappa shape index (κ1) is 24.0. The summed E-state index contributed by atoms with van der Waals surface area (Å²) in [7, 11) is 0. The minimum atomic E-state index is -4.73. The Hall–Kier alpha value is -3.30. The molecule has 1 unspecified atom stereocenters. The van der Waals surface area contributed by atoms with Gasteiger partial charge in [-0.05, 0) is 32.4 Å². The normalized spacial score (nSPS) is 17.0. The minimum Gasteiger partial charge on any atom is -0.463 e. The van der Waals surface area contributed by atoms with Crippen LogP contribution in [-0.4, -0.2) is 36.6 Å². The van der Waals surface area contributed by atoms with Gasteiger partial charge in [0, 0.05) is 24.0 Å². The smallest absolute Gasteiger partial charge is 0.416 e. The third-order valence-electron chi connectivity index (χ3n) is 4.59. The molecule has 168 valence electrons. The van der Waals surface area contributed by atoms with Crippen LogP contribution in [0.3, 0.4) is 0 Å². The molecule has 1 aromatic carbocycles. The lowest BCUT2D eigenvalue weighted by Crippen LogP contribution is -2.34. The first-order valence-electron chi connectivity index (χ1n) is 9.54. The molecular formula is C21H23F3N2O5. The van der Waals surface area contributed by atoms with Gasteiger partial charge in [0.2, 0.25) is 0 Å². The van der Waals surface area contributed by atoms with E-state index in [0.717, 1.165) is 12.3 Å². The SMILES string of the molecule is CCOC(=O)C1=C(C)NC(CC=NO)=C(C(=O)OCC)C1c1ccccc1C(F)(F)F. The summed E-state index contributed by atoms with van der Waals surface area (Å²) in [6, 6.07) is 4.71. The van der Waals surface area contributed by atoms with Crippen LogP contribution in [0.2, 0.25) is 0 Å². The van der Waals surface area contributed by atoms with Gasteiger partial charge in [0.1, 0.15) is 0 Å². The lowest BCUT2D eigenvalue weighted by Gasteiger charge is -2.32. The fourth-order valence-corrected chi connectivity index (χ4v) is 3.44. The van der Waals surface area contributed by atoms with Crippen molar-refractivity contribution >= 4 is 18.2 Å². The number of carbonyl (C=O) groups is 2. The standard InChI is InChI=1S/C21H23F3N2O5/c1-4-30-19(27)16-12(3)26-15(10-11-25-29)18(20(28)31-5-2)17(16)13-8-6-7-9-14(13)21(22,23)24/h6-9,11,17,26,29H,4-5,10H2,1-3H3. The van der Waals surface area contributed by atoms with Gasteiger partial charge in [0.25, 0.3) is 0 Å². The van der Waals surface area contributed by atoms with Crippen molar-refractivity contribution in [2.75, 3.05) is 13.2 Å². The number of nitrogens with zero attached hydrogens (tertiary/aromatic N) is 1. The van der Waals surface area contributed by atoms with Crippen LogP contribution < -0.4 is 5.32 Å². The predicted octanol–water partition coefficient (Wildman–Crippen LogP) is 3.90. The average Bonchev–Trinajstić information content (AvgIpc) is 2.71. The number of rotatable bonds is 7. The molecule has 10 heteroatoms. The summed E-state index contributed by atoms with van der Waals surface area (Å²) in [6.07, 6.45) is -3.78. The van der Waals surface area contributed by atoms with Crippen molar-refractivity contribution < 1.29 is 37.4 Å². The van der Waals surface area contributed by atoms with E-state index >= 15 is 0 Å². The maximum atomic E-state index is 13.8. The van der Waals surface area contributed by atoms with Crippen LogP contribution in [0.1, 0.15) is 44.2 Å². The molecule has 31 heavy (non-hydrogen) atoms. The molecule has 1 aliphatic rings. The molecule has 1 atom stereocenters. The number of oxime groups is 1. The molecule has 1 aromatic rings. The fraction of sp³-hybridized carbons (Fsp3) is 0.381. The van der Waals surface area contributed by atoms with Gasteiger partial charge in [-0.1, -0.05) is 18.2 Å². The summed E-state index contributed by atoms with van der Waals surface area (Å²) in [5.41, 5.74) is -1.23. The summed E-state index contributed by atoms with van der Waals surface area (Å²) in [5, 5.41) is 14.6. The van der Waals surface area contributed by atoms with Crippen molar-refractivity contribution in [1.29, 1.82) is 0 Å². The van der Waals surface area contributed by atoms with Gasteiger partial charge in [0.15, 0.2) is 0 Å². The highest BCUT2D eigenvalue weighted by Gasteiger charge is 2.43. The van der Waals surface area contributed by atoms with E-state index in [2.05, 4.69) is 10.5 Å². The summed E-state index contributed by atoms with van der Waals surface area (Å²) < 4.78 is 51.6. The van der Waals surface area contributed by atoms with E-state index in [4.69, 9.17) is 14.7 Å². The third kappa shape index (κ3) is 5.25. The number of nitrogens with one attached hydrogen (secondary N) is 1. The van der Waals surface area contributed by atoms with Crippen LogP contribution in [0.15, 0.2) is 52.0 Å². The number of ether oxygens (including phenoxy) is 2. The van der Waals surface area contributed by atoms with E-state index in [1.54, 1.807) is 13.8 Å². The molecule has 7 nitrogen and oxygen atoms in total. The molecule has 0 amide bonds. The predicted molar refractivity (Wildman–Crippen MR) is 105 cm³/mol. The summed E-state index contributed by atoms with van der Waals surface area (Å²) in [6.45, 7) is 4.57. The zero-order valence-electron chi connectivity index (χ0n) is 17.2. The van der Waals surface area contributed by atoms with Crippen molar-refractivity contribution in [3.8, 4) is 0 Å². The van der Waals surface area contributed by atoms with E-state index < -0.39 is 29.6 Å². The number of esters is 2. The van der Waals surface area contributed by atoms with E-state index in [-0.39, 0.29) is 47.7 Å². The second-order valence-electron chi connectivity index (χ2n) is 6.52. The first-order chi connectivity index (χ1) is 14.7. The molecular weight excluding hydrogens is 417 g/mol. The Labute approximate surface area is 177 Å². The molecule has 0 saturated heterocycles. The van der Waals surface area contributed by atoms with Crippen LogP contribution in [0.5, 0.6) is 0 Å². The van der Waals surface area contributed by atoms with Crippen molar-refractivity contribution in [3.05, 3.63) is 57.9 Å². The summed E-state index contributed by atoms with van der Waals surface area (Å²) in [4.78, 5) is 25.6. The van der Waals surface area contributed by atoms with Gasteiger partial charge in [0.05, 0.1) is 35.8 Å². The van der Waals surface area contributed by atoms with Crippen molar-refractivity contribution in [2.24, 2.45) is 5.16 Å². The quantitative estimate of drug-likeness (QED) is 0.289. The van der Waals surface area contributed by atoms with Gasteiger partial charge in [-0.25, -0.2) is 9.59 Å². The first-order valence-corrected chi connectivity index (χ1v) is 9.54. The maximum absolute atomic E-state index is 13.8. The second kappa shape index (κ2) is 10.1. The largest absolute Gasteiger partial charge is 0.463 e. The molecule has 0 spiro atoms. The van der Waals surface area contributed by atoms with Crippen LogP contribution in [0.4, 0.5) is 13.2 Å². The second-order valence-corrected chi connectivity index (χ2v) is 6.52. The number of benzene rings is 1. The molecule has 0 fully saturated rings. The molecule has 2 N–H and O–H groups in total. The number of dihydropyridines is 1. The van der Waals surface area contributed by atoms with Crippen molar-refractivity contribution in [3.63, 3.8) is 0 Å². The number of hydrogen-bond acceptors (Lipinski definition) is 7. The zero-order valence-corrected chi connectivity index (χ0v) is 17.2. The molecule has 1 aliphatic heterocycles. The van der Waals surface area contributed by atoms with Gasteiger partial charge in [-0.15, -0.1) is 5.16 Å². The highest BCUT2D eigenvalue weighted by Crippen LogP contribution is 2.44. The Bertz CT molecular complexity index is 935. The highest BCUT2D eigenvalue weighted by molar-refractivity contribution is 6.00. The number of allylic oxidation sites excluding steroid dienone is 2. The van der Waals surface area contributed by atoms with Gasteiger partial charge >= 0.3 is 18.1 Å². The van der Waals surface area contributed by atoms with E-state index in [1.807, 2.05) is 0 Å². The Balaban J connectivity index is 2.86. The number of carbonyl (C=O) groups excluding carboxylic acids is 2. The average molecular weight is 440 g/mol. The maximum Gasteiger partial charge on any atom is 0.416 e. The number of hydrogen-bond donors (Lipinski definition) is 2. The van der Waals surface area contributed by atoms with Crippen LogP contribution in [0.25, 0.3) is 0 Å². The van der Waals surface area contributed by atoms with E-state index in [0.29, 0.717) is 0 Å². The molecule has 1 heterocycles. The van der Waals surface area contributed by atoms with Crippen molar-refractivity contribution in [1.82, 2.24) is 5.32 Å². The Morgan fingerprint density at radius 1 is 1.13 bits per heavy atom. The van der Waals surface area contributed by atoms with Gasteiger partial charge in [-0.2, -0.15) is 13.2 Å². The molecule has 0 aliphatic carbocycles. The Kier molecular flexibility index (Phi) is 7.84. The fourth-order valence-electron chi connectivity index (χ4n) is 3.44. The molecule has 0 bridgehead atoms. The van der Waals surface area contributed by atoms with Crippen LogP contribution >= 0.6 is 0 Å². The topological polar surface area (TPSA) is 97.2 Å². The van der Waals surface area contributed by atoms with Gasteiger partial charge < -0.3 is 20.0 Å². The van der Waals surface area contributed by atoms with Crippen LogP contribution in [0, 0.1) is 0 Å². The van der Waals surface area contributed by atoms with E-state index in [9.17, 15) is 22.8 Å². The van der Waals surface area contributed by atoms with Crippen molar-refractivity contribution in [2.45, 2.75) is 39.3 Å². The molecule has 0 radical (unpaired) electrons. The summed E-state index contributed by atoms with van der Waals surface area (Å²) >= 11 is 0. The Morgan fingerprint density at radius 2 is 1.71 bits per heavy atom. The van der Waals surface area contributed by atoms with Crippen LogP contribution in [-0.2, 0) is 25.2 Å². The van der Waals surface area contributed by atoms with E-state index in [1.165, 1.54) is 25.1 Å². The number of alkyl halides is 3. The molecule has 0 aromatic heterocycles. The number of halogens is 3. The third-order valence-corrected chi connectivity index (χ3v) is 4.59. The molecule has 0 saturated carbocycles. The zero-order chi connectivity index (χ0) is 23.2. The Morgan fingerprint density at radius 3 is 2.26 bits per heavy atom. The monoisotopic (exact) mass is 440 g/mol. The highest BCUT2D eigenvalue weighted by atomic mass is 19.4. The van der Waals surface area contributed by atoms with Gasteiger partial charge in [-0.3, -0.25) is 0 Å².